The minimum Gasteiger partial charge on any atom is -0.479 e. The molecule has 1 heterocycles. The number of aliphatic carboxylic acids is 1. The van der Waals surface area contributed by atoms with E-state index in [1.165, 1.54) is 148 Å². The molecule has 6 unspecified atom stereocenters. The molecular weight excluding hydrogens is 925 g/mol. The summed E-state index contributed by atoms with van der Waals surface area (Å²) in [4.78, 5) is 51.0. The lowest BCUT2D eigenvalue weighted by molar-refractivity contribution is -0.301. The minimum atomic E-state index is -1.90. The molecule has 1 saturated heterocycles. The van der Waals surface area contributed by atoms with Crippen LogP contribution in [0.15, 0.2) is 24.3 Å². The van der Waals surface area contributed by atoms with Crippen molar-refractivity contribution in [2.24, 2.45) is 0 Å². The summed E-state index contributed by atoms with van der Waals surface area (Å²) in [6, 6.07) is 0. The highest BCUT2D eigenvalue weighted by Crippen LogP contribution is 2.27. The number of allylic oxidation sites excluding steroid dienone is 4. The van der Waals surface area contributed by atoms with Crippen LogP contribution in [-0.2, 0) is 42.9 Å². The van der Waals surface area contributed by atoms with Crippen molar-refractivity contribution in [1.82, 2.24) is 0 Å². The summed E-state index contributed by atoms with van der Waals surface area (Å²) >= 11 is 0. The molecule has 0 aromatic heterocycles. The number of carbonyl (C=O) groups is 4. The van der Waals surface area contributed by atoms with Gasteiger partial charge in [0, 0.05) is 19.3 Å². The highest BCUT2D eigenvalue weighted by molar-refractivity contribution is 5.74. The Balaban J connectivity index is 2.61. The fourth-order valence-electron chi connectivity index (χ4n) is 9.34. The number of unbranched alkanes of at least 4 members (excludes halogenated alkanes) is 34. The number of hydrogen-bond acceptors (Lipinski definition) is 11. The summed E-state index contributed by atoms with van der Waals surface area (Å²) < 4.78 is 28.4. The van der Waals surface area contributed by atoms with E-state index in [4.69, 9.17) is 23.7 Å². The van der Waals surface area contributed by atoms with E-state index in [2.05, 4.69) is 45.1 Å². The molecule has 0 saturated carbocycles. The van der Waals surface area contributed by atoms with Crippen LogP contribution in [0.5, 0.6) is 0 Å². The first-order chi connectivity index (χ1) is 35.6. The van der Waals surface area contributed by atoms with Gasteiger partial charge < -0.3 is 39.0 Å². The summed E-state index contributed by atoms with van der Waals surface area (Å²) in [5, 5.41) is 31.4. The van der Waals surface area contributed by atoms with Crippen molar-refractivity contribution in [3.05, 3.63) is 24.3 Å². The molecule has 1 rings (SSSR count). The van der Waals surface area contributed by atoms with Crippen molar-refractivity contribution in [2.75, 3.05) is 13.2 Å². The number of carboxylic acid groups (broad SMARTS) is 1. The zero-order chi connectivity index (χ0) is 53.3. The minimum absolute atomic E-state index is 0.0490. The number of aliphatic hydroxyl groups is 2. The van der Waals surface area contributed by atoms with Gasteiger partial charge in [-0.2, -0.15) is 0 Å². The van der Waals surface area contributed by atoms with Crippen LogP contribution in [0.3, 0.4) is 0 Å². The molecule has 0 aromatic carbocycles. The maximum absolute atomic E-state index is 13.1. The topological polar surface area (TPSA) is 175 Å². The molecule has 1 aliphatic rings. The van der Waals surface area contributed by atoms with E-state index in [0.717, 1.165) is 83.5 Å². The van der Waals surface area contributed by atoms with Crippen molar-refractivity contribution in [3.8, 4) is 0 Å². The van der Waals surface area contributed by atoms with Gasteiger partial charge in [0.25, 0.3) is 0 Å². The molecule has 1 fully saturated rings. The number of ether oxygens (including phenoxy) is 5. The lowest BCUT2D eigenvalue weighted by Crippen LogP contribution is -2.61. The van der Waals surface area contributed by atoms with E-state index in [1.54, 1.807) is 0 Å². The zero-order valence-electron chi connectivity index (χ0n) is 46.9. The molecule has 1 aliphatic heterocycles. The number of carboxylic acids is 1. The standard InChI is InChI=1S/C61H110O12/c1-4-7-10-13-16-19-21-23-25-26-27-28-30-31-33-36-38-41-44-47-53(62)69-50-52(71-54(63)48-45-42-39-35-18-15-12-9-6-3)51-70-61-59(57(66)56(65)58(73-61)60(67)68)72-55(64)49-46-43-40-37-34-32-29-24-22-20-17-14-11-8-5-2/h17,20,24,29,52,56-59,61,65-66H,4-16,18-19,21-23,25-28,30-51H2,1-3H3,(H,67,68)/b20-17-,29-24-. The van der Waals surface area contributed by atoms with Gasteiger partial charge in [-0.05, 0) is 51.4 Å². The van der Waals surface area contributed by atoms with E-state index < -0.39 is 67.3 Å². The molecular formula is C61H110O12. The van der Waals surface area contributed by atoms with Crippen LogP contribution >= 0.6 is 0 Å². The molecule has 0 aliphatic carbocycles. The predicted molar refractivity (Wildman–Crippen MR) is 294 cm³/mol. The van der Waals surface area contributed by atoms with Crippen molar-refractivity contribution >= 4 is 23.9 Å². The Bertz CT molecular complexity index is 1370. The first-order valence-electron chi connectivity index (χ1n) is 30.3. The molecule has 73 heavy (non-hydrogen) atoms. The summed E-state index contributed by atoms with van der Waals surface area (Å²) in [6.45, 7) is 5.97. The highest BCUT2D eigenvalue weighted by Gasteiger charge is 2.50. The fraction of sp³-hybridized carbons (Fsp3) is 0.869. The molecule has 0 spiro atoms. The van der Waals surface area contributed by atoms with Crippen molar-refractivity contribution in [1.29, 1.82) is 0 Å². The Morgan fingerprint density at radius 1 is 0.452 bits per heavy atom. The van der Waals surface area contributed by atoms with E-state index in [1.807, 2.05) is 0 Å². The predicted octanol–water partition coefficient (Wildman–Crippen LogP) is 15.5. The van der Waals surface area contributed by atoms with Crippen LogP contribution in [0.4, 0.5) is 0 Å². The van der Waals surface area contributed by atoms with E-state index in [0.29, 0.717) is 19.3 Å². The normalized spacial score (nSPS) is 18.4. The lowest BCUT2D eigenvalue weighted by atomic mass is 9.98. The average molecular weight is 1040 g/mol. The third-order valence-corrected chi connectivity index (χ3v) is 14.0. The van der Waals surface area contributed by atoms with Gasteiger partial charge >= 0.3 is 23.9 Å². The van der Waals surface area contributed by atoms with Gasteiger partial charge in [-0.3, -0.25) is 14.4 Å². The second-order valence-corrected chi connectivity index (χ2v) is 21.0. The summed E-state index contributed by atoms with van der Waals surface area (Å²) in [6.07, 6.45) is 44.5. The average Bonchev–Trinajstić information content (AvgIpc) is 3.37. The van der Waals surface area contributed by atoms with Crippen LogP contribution < -0.4 is 0 Å². The van der Waals surface area contributed by atoms with Gasteiger partial charge in [0.15, 0.2) is 24.6 Å². The second kappa shape index (κ2) is 50.0. The second-order valence-electron chi connectivity index (χ2n) is 21.0. The fourth-order valence-corrected chi connectivity index (χ4v) is 9.34. The molecule has 12 nitrogen and oxygen atoms in total. The van der Waals surface area contributed by atoms with Gasteiger partial charge in [-0.1, -0.05) is 244 Å². The van der Waals surface area contributed by atoms with Gasteiger partial charge in [0.05, 0.1) is 6.61 Å². The SMILES string of the molecule is CCCCC/C=C\C/C=C\CCCCCCCC(=O)OC1C(OCC(COC(=O)CCCCCCCCCCCCCCCCCCCCC)OC(=O)CCCCCCCCCCC)OC(C(=O)O)C(O)C1O. The Hall–Kier alpha value is -2.80. The quantitative estimate of drug-likeness (QED) is 0.0228. The number of esters is 3. The van der Waals surface area contributed by atoms with Crippen LogP contribution in [-0.4, -0.2) is 89.2 Å². The first-order valence-corrected chi connectivity index (χ1v) is 30.3. The van der Waals surface area contributed by atoms with Gasteiger partial charge in [0.1, 0.15) is 18.8 Å². The van der Waals surface area contributed by atoms with Crippen LogP contribution in [0, 0.1) is 0 Å². The summed E-state index contributed by atoms with van der Waals surface area (Å²) in [5.74, 6) is -3.11. The number of aliphatic hydroxyl groups excluding tert-OH is 2. The van der Waals surface area contributed by atoms with E-state index in [-0.39, 0.29) is 25.9 Å². The Kier molecular flexibility index (Phi) is 46.8. The maximum atomic E-state index is 13.1. The van der Waals surface area contributed by atoms with Crippen LogP contribution in [0.1, 0.15) is 290 Å². The van der Waals surface area contributed by atoms with Crippen molar-refractivity contribution < 1.29 is 58.2 Å². The van der Waals surface area contributed by atoms with Crippen LogP contribution in [0.25, 0.3) is 0 Å². The Labute approximate surface area is 445 Å². The smallest absolute Gasteiger partial charge is 0.335 e. The summed E-state index contributed by atoms with van der Waals surface area (Å²) in [7, 11) is 0. The third kappa shape index (κ3) is 40.2. The van der Waals surface area contributed by atoms with Gasteiger partial charge in [-0.25, -0.2) is 4.79 Å². The van der Waals surface area contributed by atoms with Crippen LogP contribution in [0.2, 0.25) is 0 Å². The first kappa shape index (κ1) is 68.2. The maximum Gasteiger partial charge on any atom is 0.335 e. The third-order valence-electron chi connectivity index (χ3n) is 14.0. The van der Waals surface area contributed by atoms with Crippen molar-refractivity contribution in [3.63, 3.8) is 0 Å². The lowest BCUT2D eigenvalue weighted by Gasteiger charge is -2.40. The molecule has 3 N–H and O–H groups in total. The molecule has 0 radical (unpaired) electrons. The molecule has 0 amide bonds. The summed E-state index contributed by atoms with van der Waals surface area (Å²) in [5.41, 5.74) is 0. The Morgan fingerprint density at radius 3 is 1.26 bits per heavy atom. The molecule has 426 valence electrons. The molecule has 0 bridgehead atoms. The van der Waals surface area contributed by atoms with Gasteiger partial charge in [-0.15, -0.1) is 0 Å². The van der Waals surface area contributed by atoms with E-state index >= 15 is 0 Å². The zero-order valence-corrected chi connectivity index (χ0v) is 46.9. The molecule has 12 heteroatoms. The van der Waals surface area contributed by atoms with Gasteiger partial charge in [0.2, 0.25) is 0 Å². The number of carbonyl (C=O) groups excluding carboxylic acids is 3. The van der Waals surface area contributed by atoms with Crippen molar-refractivity contribution in [2.45, 2.75) is 327 Å². The van der Waals surface area contributed by atoms with E-state index in [9.17, 15) is 34.5 Å². The molecule has 6 atom stereocenters. The Morgan fingerprint density at radius 2 is 0.822 bits per heavy atom. The largest absolute Gasteiger partial charge is 0.479 e. The highest BCUT2D eigenvalue weighted by atomic mass is 16.7. The number of rotatable bonds is 52. The monoisotopic (exact) mass is 1030 g/mol. The molecule has 0 aromatic rings. The number of hydrogen-bond donors (Lipinski definition) is 3.